The third-order valence-electron chi connectivity index (χ3n) is 4.08. The molecule has 0 spiro atoms. The van der Waals surface area contributed by atoms with Gasteiger partial charge in [0.05, 0.1) is 6.10 Å². The highest BCUT2D eigenvalue weighted by Gasteiger charge is 2.43. The molecule has 1 amide bonds. The summed E-state index contributed by atoms with van der Waals surface area (Å²) in [6, 6.07) is 15.6. The van der Waals surface area contributed by atoms with Crippen LogP contribution >= 0.6 is 0 Å². The lowest BCUT2D eigenvalue weighted by molar-refractivity contribution is -0.122. The van der Waals surface area contributed by atoms with E-state index in [-0.39, 0.29) is 30.1 Å². The average molecular weight is 299 g/mol. The average Bonchev–Trinajstić information content (AvgIpc) is 3.34. The number of rotatable bonds is 5. The number of benzene rings is 2. The summed E-state index contributed by atoms with van der Waals surface area (Å²) in [4.78, 5) is 12.1. The summed E-state index contributed by atoms with van der Waals surface area (Å²) in [6.07, 6.45) is 0.0288. The van der Waals surface area contributed by atoms with Crippen molar-refractivity contribution in [1.82, 2.24) is 5.32 Å². The number of hydrogen-bond acceptors (Lipinski definition) is 2. The van der Waals surface area contributed by atoms with Gasteiger partial charge in [-0.25, -0.2) is 4.39 Å². The Morgan fingerprint density at radius 1 is 1.18 bits per heavy atom. The Morgan fingerprint density at radius 2 is 1.86 bits per heavy atom. The molecule has 1 aliphatic carbocycles. The van der Waals surface area contributed by atoms with Crippen LogP contribution in [0.25, 0.3) is 0 Å². The van der Waals surface area contributed by atoms with E-state index in [4.69, 9.17) is 0 Å². The summed E-state index contributed by atoms with van der Waals surface area (Å²) in [5.41, 5.74) is 1.78. The number of nitrogens with one attached hydrogen (secondary N) is 1. The number of carbonyl (C=O) groups is 1. The van der Waals surface area contributed by atoms with E-state index in [1.54, 1.807) is 0 Å². The van der Waals surface area contributed by atoms with E-state index in [1.165, 1.54) is 29.8 Å². The molecule has 0 aromatic heterocycles. The van der Waals surface area contributed by atoms with Crippen molar-refractivity contribution in [3.05, 3.63) is 71.5 Å². The van der Waals surface area contributed by atoms with E-state index in [2.05, 4.69) is 5.32 Å². The fraction of sp³-hybridized carbons (Fsp3) is 0.278. The molecule has 2 aromatic rings. The van der Waals surface area contributed by atoms with Gasteiger partial charge in [-0.3, -0.25) is 4.79 Å². The zero-order valence-corrected chi connectivity index (χ0v) is 12.1. The first-order valence-corrected chi connectivity index (χ1v) is 7.41. The van der Waals surface area contributed by atoms with Crippen molar-refractivity contribution in [3.8, 4) is 0 Å². The molecular formula is C18H18FNO2. The monoisotopic (exact) mass is 299 g/mol. The zero-order chi connectivity index (χ0) is 15.5. The second-order valence-corrected chi connectivity index (χ2v) is 5.67. The first-order valence-electron chi connectivity index (χ1n) is 7.41. The molecule has 22 heavy (non-hydrogen) atoms. The molecule has 1 aliphatic rings. The maximum atomic E-state index is 12.8. The Morgan fingerprint density at radius 3 is 2.55 bits per heavy atom. The highest BCUT2D eigenvalue weighted by Crippen LogP contribution is 2.47. The Labute approximate surface area is 128 Å². The maximum absolute atomic E-state index is 12.8. The van der Waals surface area contributed by atoms with E-state index >= 15 is 0 Å². The Balaban J connectivity index is 1.50. The first-order chi connectivity index (χ1) is 10.6. The lowest BCUT2D eigenvalue weighted by Gasteiger charge is -2.12. The van der Waals surface area contributed by atoms with Crippen LogP contribution in [0.1, 0.15) is 29.6 Å². The molecule has 1 fully saturated rings. The van der Waals surface area contributed by atoms with Gasteiger partial charge in [0.25, 0.3) is 0 Å². The normalized spacial score (nSPS) is 21.2. The smallest absolute Gasteiger partial charge is 0.223 e. The van der Waals surface area contributed by atoms with Crippen LogP contribution in [0.5, 0.6) is 0 Å². The Bertz CT molecular complexity index is 642. The summed E-state index contributed by atoms with van der Waals surface area (Å²) >= 11 is 0. The van der Waals surface area contributed by atoms with E-state index in [0.717, 1.165) is 6.42 Å². The van der Waals surface area contributed by atoms with E-state index in [0.29, 0.717) is 5.56 Å². The number of amides is 1. The predicted molar refractivity (Wildman–Crippen MR) is 81.7 cm³/mol. The molecule has 2 aromatic carbocycles. The van der Waals surface area contributed by atoms with Crippen molar-refractivity contribution in [3.63, 3.8) is 0 Å². The third kappa shape index (κ3) is 3.34. The molecule has 3 rings (SSSR count). The quantitative estimate of drug-likeness (QED) is 0.892. The number of halogens is 1. The molecule has 1 saturated carbocycles. The van der Waals surface area contributed by atoms with Gasteiger partial charge in [0, 0.05) is 12.5 Å². The van der Waals surface area contributed by atoms with Gasteiger partial charge in [-0.1, -0.05) is 42.5 Å². The van der Waals surface area contributed by atoms with Gasteiger partial charge in [-0.15, -0.1) is 0 Å². The van der Waals surface area contributed by atoms with Crippen LogP contribution in [0.4, 0.5) is 4.39 Å². The summed E-state index contributed by atoms with van der Waals surface area (Å²) in [6.45, 7) is 0.141. The first kappa shape index (κ1) is 14.7. The van der Waals surface area contributed by atoms with Crippen molar-refractivity contribution in [2.24, 2.45) is 5.92 Å². The SMILES string of the molecule is O=C(NCC(O)c1ccc(F)cc1)C1CC1c1ccccc1. The van der Waals surface area contributed by atoms with Crippen molar-refractivity contribution in [2.75, 3.05) is 6.54 Å². The van der Waals surface area contributed by atoms with Crippen LogP contribution in [-0.4, -0.2) is 17.6 Å². The van der Waals surface area contributed by atoms with Crippen molar-refractivity contribution in [2.45, 2.75) is 18.4 Å². The summed E-state index contributed by atoms with van der Waals surface area (Å²) < 4.78 is 12.8. The van der Waals surface area contributed by atoms with E-state index in [9.17, 15) is 14.3 Å². The van der Waals surface area contributed by atoms with E-state index < -0.39 is 6.10 Å². The molecule has 0 heterocycles. The molecule has 0 saturated heterocycles. The topological polar surface area (TPSA) is 49.3 Å². The standard InChI is InChI=1S/C18H18FNO2/c19-14-8-6-13(7-9-14)17(21)11-20-18(22)16-10-15(16)12-4-2-1-3-5-12/h1-9,15-17,21H,10-11H2,(H,20,22). The van der Waals surface area contributed by atoms with Gasteiger partial charge in [-0.05, 0) is 35.6 Å². The second-order valence-electron chi connectivity index (χ2n) is 5.67. The molecule has 2 N–H and O–H groups in total. The minimum atomic E-state index is -0.821. The van der Waals surface area contributed by atoms with Crippen LogP contribution in [-0.2, 0) is 4.79 Å². The molecule has 0 aliphatic heterocycles. The highest BCUT2D eigenvalue weighted by molar-refractivity contribution is 5.82. The molecule has 114 valence electrons. The molecule has 0 bridgehead atoms. The number of aliphatic hydroxyl groups is 1. The van der Waals surface area contributed by atoms with Crippen molar-refractivity contribution < 1.29 is 14.3 Å². The lowest BCUT2D eigenvalue weighted by atomic mass is 10.1. The molecule has 0 radical (unpaired) electrons. The van der Waals surface area contributed by atoms with Gasteiger partial charge in [0.15, 0.2) is 0 Å². The number of hydrogen-bond donors (Lipinski definition) is 2. The van der Waals surface area contributed by atoms with Crippen LogP contribution in [0.15, 0.2) is 54.6 Å². The second kappa shape index (κ2) is 6.28. The van der Waals surface area contributed by atoms with Gasteiger partial charge in [0.1, 0.15) is 5.82 Å². The number of aliphatic hydroxyl groups excluding tert-OH is 1. The van der Waals surface area contributed by atoms with Crippen LogP contribution in [0.3, 0.4) is 0 Å². The summed E-state index contributed by atoms with van der Waals surface area (Å²) in [7, 11) is 0. The minimum Gasteiger partial charge on any atom is -0.387 e. The minimum absolute atomic E-state index is 0.0113. The van der Waals surface area contributed by atoms with Crippen LogP contribution in [0, 0.1) is 11.7 Å². The third-order valence-corrected chi connectivity index (χ3v) is 4.08. The lowest BCUT2D eigenvalue weighted by Crippen LogP contribution is -2.30. The Kier molecular flexibility index (Phi) is 4.20. The van der Waals surface area contributed by atoms with Crippen LogP contribution < -0.4 is 5.32 Å². The zero-order valence-electron chi connectivity index (χ0n) is 12.1. The van der Waals surface area contributed by atoms with Gasteiger partial charge < -0.3 is 10.4 Å². The fourth-order valence-corrected chi connectivity index (χ4v) is 2.68. The van der Waals surface area contributed by atoms with E-state index in [1.807, 2.05) is 30.3 Å². The number of carbonyl (C=O) groups excluding carboxylic acids is 1. The predicted octanol–water partition coefficient (Wildman–Crippen LogP) is 2.78. The molecule has 3 nitrogen and oxygen atoms in total. The fourth-order valence-electron chi connectivity index (χ4n) is 2.68. The molecule has 4 heteroatoms. The van der Waals surface area contributed by atoms with Gasteiger partial charge >= 0.3 is 0 Å². The highest BCUT2D eigenvalue weighted by atomic mass is 19.1. The summed E-state index contributed by atoms with van der Waals surface area (Å²) in [5, 5.41) is 12.8. The largest absolute Gasteiger partial charge is 0.387 e. The molecular weight excluding hydrogens is 281 g/mol. The van der Waals surface area contributed by atoms with Crippen LogP contribution in [0.2, 0.25) is 0 Å². The van der Waals surface area contributed by atoms with Crippen molar-refractivity contribution in [1.29, 1.82) is 0 Å². The molecule has 3 unspecified atom stereocenters. The van der Waals surface area contributed by atoms with Crippen molar-refractivity contribution >= 4 is 5.91 Å². The summed E-state index contributed by atoms with van der Waals surface area (Å²) in [5.74, 6) is -0.106. The van der Waals surface area contributed by atoms with Gasteiger partial charge in [-0.2, -0.15) is 0 Å². The Hall–Kier alpha value is -2.20. The maximum Gasteiger partial charge on any atom is 0.223 e. The van der Waals surface area contributed by atoms with Gasteiger partial charge in [0.2, 0.25) is 5.91 Å². The molecule has 3 atom stereocenters.